The number of carbonyl (C=O) groups excluding carboxylic acids is 1. The van der Waals surface area contributed by atoms with Gasteiger partial charge in [-0.3, -0.25) is 0 Å². The van der Waals surface area contributed by atoms with E-state index in [0.29, 0.717) is 16.0 Å². The molecule has 0 aromatic rings. The van der Waals surface area contributed by atoms with E-state index in [2.05, 4.69) is 37.3 Å². The Morgan fingerprint density at radius 1 is 1.27 bits per heavy atom. The zero-order valence-corrected chi connectivity index (χ0v) is 13.7. The Bertz CT molecular complexity index is 252. The van der Waals surface area contributed by atoms with Gasteiger partial charge in [0.05, 0.1) is 0 Å². The van der Waals surface area contributed by atoms with Gasteiger partial charge in [-0.2, -0.15) is 0 Å². The fourth-order valence-electron chi connectivity index (χ4n) is 2.54. The van der Waals surface area contributed by atoms with Gasteiger partial charge in [0.1, 0.15) is 0 Å². The maximum absolute atomic E-state index is 12.3. The van der Waals surface area contributed by atoms with Crippen molar-refractivity contribution in [3.8, 4) is 0 Å². The Balaban J connectivity index is 2.18. The van der Waals surface area contributed by atoms with Crippen LogP contribution in [0.1, 0.15) is 38.5 Å². The van der Waals surface area contributed by atoms with E-state index in [0.717, 1.165) is 6.42 Å². The zero-order chi connectivity index (χ0) is 10.8. The summed E-state index contributed by atoms with van der Waals surface area (Å²) in [7, 11) is 4.50. The van der Waals surface area contributed by atoms with Gasteiger partial charge in [0.25, 0.3) is 0 Å². The molecule has 0 aromatic carbocycles. The molecular formula is C10H16I2NOS-. The van der Waals surface area contributed by atoms with E-state index in [4.69, 9.17) is 0 Å². The van der Waals surface area contributed by atoms with Crippen LogP contribution in [0, 0.1) is 0 Å². The van der Waals surface area contributed by atoms with Crippen molar-refractivity contribution in [1.29, 1.82) is 0 Å². The van der Waals surface area contributed by atoms with Crippen LogP contribution < -0.4 is 19.8 Å². The number of hydrogen-bond acceptors (Lipinski definition) is 2. The molecule has 2 rings (SSSR count). The van der Waals surface area contributed by atoms with Gasteiger partial charge in [-0.05, 0) is 0 Å². The van der Waals surface area contributed by atoms with Gasteiger partial charge in [0, 0.05) is 0 Å². The molecule has 0 aromatic heterocycles. The van der Waals surface area contributed by atoms with Crippen LogP contribution in [0.15, 0.2) is 0 Å². The zero-order valence-electron chi connectivity index (χ0n) is 8.53. The summed E-state index contributed by atoms with van der Waals surface area (Å²) >= 11 is 2.20. The predicted molar refractivity (Wildman–Crippen MR) is 68.9 cm³/mol. The topological polar surface area (TPSA) is 20.3 Å². The number of rotatable bonds is 1. The minimum absolute atomic E-state index is 0.122. The van der Waals surface area contributed by atoms with Crippen LogP contribution in [0.4, 0.5) is 0 Å². The first-order valence-electron chi connectivity index (χ1n) is 5.47. The molecule has 0 saturated carbocycles. The van der Waals surface area contributed by atoms with E-state index in [1.165, 1.54) is 32.1 Å². The second-order valence-electron chi connectivity index (χ2n) is 4.26. The standard InChI is InChI=1S/C10H16I2NOS/c11-8-5-1-3-7-4-2-6-9(12-15)13(7)10(8)14/h7-9,15H,1-6H2/q-1. The molecule has 0 bridgehead atoms. The SMILES string of the molecule is O=C1C(I)CCCC2CCCC([I-]S)N12. The fourth-order valence-corrected chi connectivity index (χ4v) is 6.31. The number of alkyl halides is 2. The van der Waals surface area contributed by atoms with E-state index in [1.807, 2.05) is 0 Å². The summed E-state index contributed by atoms with van der Waals surface area (Å²) in [5.41, 5.74) is 0. The molecule has 0 N–H and O–H groups in total. The monoisotopic (exact) mass is 452 g/mol. The number of piperidine rings is 1. The first-order valence-corrected chi connectivity index (χ1v) is 11.2. The van der Waals surface area contributed by atoms with Crippen LogP contribution >= 0.6 is 32.4 Å². The summed E-state index contributed by atoms with van der Waals surface area (Å²) in [6.07, 6.45) is 7.23. The third-order valence-electron chi connectivity index (χ3n) is 3.30. The molecule has 15 heavy (non-hydrogen) atoms. The van der Waals surface area contributed by atoms with Crippen molar-refractivity contribution in [1.82, 2.24) is 4.90 Å². The van der Waals surface area contributed by atoms with E-state index in [9.17, 15) is 4.79 Å². The van der Waals surface area contributed by atoms with E-state index >= 15 is 0 Å². The molecule has 0 aliphatic carbocycles. The number of halogens is 2. The van der Waals surface area contributed by atoms with E-state index in [1.54, 1.807) is 0 Å². The number of amides is 1. The molecule has 0 radical (unpaired) electrons. The van der Waals surface area contributed by atoms with Crippen molar-refractivity contribution >= 4 is 38.3 Å². The molecule has 2 fully saturated rings. The van der Waals surface area contributed by atoms with Crippen LogP contribution in [0.25, 0.3) is 0 Å². The summed E-state index contributed by atoms with van der Waals surface area (Å²) in [6.45, 7) is 0. The third-order valence-corrected chi connectivity index (χ3v) is 7.84. The van der Waals surface area contributed by atoms with Crippen molar-refractivity contribution in [2.24, 2.45) is 0 Å². The number of carbonyl (C=O) groups is 1. The molecular weight excluding hydrogens is 436 g/mol. The van der Waals surface area contributed by atoms with Crippen molar-refractivity contribution in [2.45, 2.75) is 52.5 Å². The number of hydrogen-bond donors (Lipinski definition) is 1. The van der Waals surface area contributed by atoms with Crippen LogP contribution in [0.2, 0.25) is 0 Å². The second kappa shape index (κ2) is 5.75. The van der Waals surface area contributed by atoms with Crippen LogP contribution in [-0.2, 0) is 4.79 Å². The summed E-state index contributed by atoms with van der Waals surface area (Å²) in [4.78, 5) is 14.5. The molecule has 0 spiro atoms. The van der Waals surface area contributed by atoms with Gasteiger partial charge in [-0.1, -0.05) is 0 Å². The number of fused-ring (bicyclic) bond motifs is 1. The quantitative estimate of drug-likeness (QED) is 0.249. The Morgan fingerprint density at radius 3 is 2.60 bits per heavy atom. The summed E-state index contributed by atoms with van der Waals surface area (Å²) < 4.78 is 0.728. The van der Waals surface area contributed by atoms with Gasteiger partial charge in [-0.25, -0.2) is 0 Å². The van der Waals surface area contributed by atoms with Gasteiger partial charge >= 0.3 is 120 Å². The Hall–Kier alpha value is 1.28. The van der Waals surface area contributed by atoms with Crippen LogP contribution in [-0.4, -0.2) is 24.8 Å². The molecule has 3 atom stereocenters. The average Bonchev–Trinajstić information content (AvgIpc) is 2.40. The molecule has 2 heterocycles. The number of thiol groups is 1. The number of nitrogens with zero attached hydrogens (tertiary/aromatic N) is 1. The van der Waals surface area contributed by atoms with E-state index in [-0.39, 0.29) is 23.7 Å². The Morgan fingerprint density at radius 2 is 1.93 bits per heavy atom. The first kappa shape index (κ1) is 12.7. The summed E-state index contributed by atoms with van der Waals surface area (Å²) in [5, 5.41) is 0. The Labute approximate surface area is 119 Å². The Kier molecular flexibility index (Phi) is 4.88. The molecule has 2 aliphatic heterocycles. The minimum atomic E-state index is -0.122. The van der Waals surface area contributed by atoms with Gasteiger partial charge in [0.15, 0.2) is 0 Å². The fraction of sp³-hybridized carbons (Fsp3) is 0.900. The van der Waals surface area contributed by atoms with Crippen LogP contribution in [0.3, 0.4) is 0 Å². The van der Waals surface area contributed by atoms with Gasteiger partial charge in [0.2, 0.25) is 0 Å². The van der Waals surface area contributed by atoms with Gasteiger partial charge < -0.3 is 0 Å². The van der Waals surface area contributed by atoms with Crippen molar-refractivity contribution in [3.63, 3.8) is 0 Å². The van der Waals surface area contributed by atoms with Crippen molar-refractivity contribution in [2.75, 3.05) is 0 Å². The van der Waals surface area contributed by atoms with Crippen molar-refractivity contribution < 1.29 is 24.6 Å². The predicted octanol–water partition coefficient (Wildman–Crippen LogP) is -0.385. The van der Waals surface area contributed by atoms with Crippen molar-refractivity contribution in [3.05, 3.63) is 0 Å². The molecule has 2 nitrogen and oxygen atoms in total. The normalized spacial score (nSPS) is 37.6. The van der Waals surface area contributed by atoms with E-state index < -0.39 is 0 Å². The van der Waals surface area contributed by atoms with Gasteiger partial charge in [-0.15, -0.1) is 0 Å². The van der Waals surface area contributed by atoms with Crippen LogP contribution in [0.5, 0.6) is 0 Å². The molecule has 1 amide bonds. The molecule has 5 heteroatoms. The molecule has 88 valence electrons. The summed E-state index contributed by atoms with van der Waals surface area (Å²) in [5.74, 6) is 0.400. The summed E-state index contributed by atoms with van der Waals surface area (Å²) in [6, 6.07) is 0.544. The third kappa shape index (κ3) is 2.75. The molecule has 2 aliphatic rings. The maximum atomic E-state index is 12.3. The average molecular weight is 452 g/mol. The second-order valence-corrected chi connectivity index (χ2v) is 9.07. The molecule has 2 saturated heterocycles. The molecule has 3 unspecified atom stereocenters. The first-order chi connectivity index (χ1) is 7.24.